The first-order valence-electron chi connectivity index (χ1n) is 11.7. The van der Waals surface area contributed by atoms with Crippen molar-refractivity contribution >= 4 is 17.8 Å². The molecule has 4 aliphatic rings. The fraction of sp³-hybridized carbons (Fsp3) is 0.462. The highest BCUT2D eigenvalue weighted by molar-refractivity contribution is 6.14. The van der Waals surface area contributed by atoms with Gasteiger partial charge < -0.3 is 26.2 Å². The summed E-state index contributed by atoms with van der Waals surface area (Å²) in [5.74, 6) is -3.33. The average Bonchev–Trinajstić information content (AvgIpc) is 2.72. The molecule has 0 spiro atoms. The Morgan fingerprint density at radius 3 is 2.50 bits per heavy atom. The Kier molecular flexibility index (Phi) is 5.15. The van der Waals surface area contributed by atoms with Crippen LogP contribution in [0.15, 0.2) is 40.4 Å². The van der Waals surface area contributed by atoms with E-state index in [0.717, 1.165) is 30.4 Å². The van der Waals surface area contributed by atoms with E-state index in [1.54, 1.807) is 19.0 Å². The van der Waals surface area contributed by atoms with Crippen LogP contribution in [0.2, 0.25) is 0 Å². The van der Waals surface area contributed by atoms with Crippen molar-refractivity contribution in [2.75, 3.05) is 14.1 Å². The number of aliphatic hydroxyl groups is 3. The van der Waals surface area contributed by atoms with Crippen LogP contribution in [0.4, 0.5) is 0 Å². The summed E-state index contributed by atoms with van der Waals surface area (Å²) < 4.78 is 0. The third-order valence-electron chi connectivity index (χ3n) is 8.10. The molecule has 1 aromatic carbocycles. The molecule has 8 nitrogen and oxygen atoms in total. The zero-order valence-electron chi connectivity index (χ0n) is 19.3. The van der Waals surface area contributed by atoms with E-state index in [9.17, 15) is 30.0 Å². The third kappa shape index (κ3) is 3.12. The number of benzene rings is 1. The Bertz CT molecular complexity index is 1200. The molecule has 5 rings (SSSR count). The molecule has 0 aliphatic heterocycles. The fourth-order valence-corrected chi connectivity index (χ4v) is 6.24. The number of fused-ring (bicyclic) bond motifs is 3. The van der Waals surface area contributed by atoms with Gasteiger partial charge in [0.05, 0.1) is 17.2 Å². The number of phenols is 1. The minimum atomic E-state index is -1.94. The van der Waals surface area contributed by atoms with E-state index in [0.29, 0.717) is 12.8 Å². The van der Waals surface area contributed by atoms with E-state index >= 15 is 0 Å². The molecule has 34 heavy (non-hydrogen) atoms. The van der Waals surface area contributed by atoms with Crippen molar-refractivity contribution in [3.63, 3.8) is 0 Å². The smallest absolute Gasteiger partial charge is 0.248 e. The molecule has 4 aliphatic carbocycles. The maximum atomic E-state index is 13.6. The summed E-state index contributed by atoms with van der Waals surface area (Å²) in [6.07, 6.45) is 5.60. The zero-order valence-corrected chi connectivity index (χ0v) is 19.3. The maximum absolute atomic E-state index is 13.6. The van der Waals surface area contributed by atoms with Gasteiger partial charge >= 0.3 is 0 Å². The van der Waals surface area contributed by atoms with Crippen molar-refractivity contribution in [3.05, 3.63) is 57.1 Å². The molecule has 0 aromatic heterocycles. The summed E-state index contributed by atoms with van der Waals surface area (Å²) in [4.78, 5) is 27.4. The molecule has 4 atom stereocenters. The Labute approximate surface area is 197 Å². The lowest BCUT2D eigenvalue weighted by Gasteiger charge is -2.51. The Morgan fingerprint density at radius 2 is 1.91 bits per heavy atom. The summed E-state index contributed by atoms with van der Waals surface area (Å²) >= 11 is 0. The second-order valence-corrected chi connectivity index (χ2v) is 10.3. The minimum absolute atomic E-state index is 0.0673. The first-order chi connectivity index (χ1) is 16.0. The van der Waals surface area contributed by atoms with Crippen LogP contribution in [0, 0.1) is 11.8 Å². The van der Waals surface area contributed by atoms with Gasteiger partial charge in [-0.25, -0.2) is 0 Å². The number of Topliss-reactive ketones (excluding diaryl/α,β-unsaturated/α-hetero) is 1. The van der Waals surface area contributed by atoms with E-state index in [4.69, 9.17) is 5.73 Å². The second kappa shape index (κ2) is 7.71. The summed E-state index contributed by atoms with van der Waals surface area (Å²) in [7, 11) is 3.42. The number of phenolic OH excluding ortho intramolecular Hbond substituents is 1. The second-order valence-electron chi connectivity index (χ2n) is 10.3. The van der Waals surface area contributed by atoms with Crippen LogP contribution in [-0.2, 0) is 11.2 Å². The normalized spacial score (nSPS) is 30.5. The van der Waals surface area contributed by atoms with Gasteiger partial charge in [-0.05, 0) is 69.3 Å². The molecule has 1 amide bonds. The van der Waals surface area contributed by atoms with E-state index in [2.05, 4.69) is 6.08 Å². The lowest BCUT2D eigenvalue weighted by atomic mass is 9.59. The van der Waals surface area contributed by atoms with E-state index < -0.39 is 40.9 Å². The van der Waals surface area contributed by atoms with Gasteiger partial charge in [0.2, 0.25) is 5.91 Å². The zero-order chi connectivity index (χ0) is 24.5. The van der Waals surface area contributed by atoms with Crippen molar-refractivity contribution in [3.8, 4) is 5.75 Å². The van der Waals surface area contributed by atoms with Gasteiger partial charge in [-0.2, -0.15) is 0 Å². The molecular formula is C26H30N2O6. The highest BCUT2D eigenvalue weighted by Crippen LogP contribution is 2.53. The number of aromatic hydroxyl groups is 1. The van der Waals surface area contributed by atoms with Crippen molar-refractivity contribution in [2.24, 2.45) is 17.6 Å². The lowest BCUT2D eigenvalue weighted by molar-refractivity contribution is -0.118. The summed E-state index contributed by atoms with van der Waals surface area (Å²) in [6, 6.07) is 2.55. The van der Waals surface area contributed by atoms with Crippen LogP contribution in [0.1, 0.15) is 53.6 Å². The molecule has 8 heteroatoms. The van der Waals surface area contributed by atoms with Gasteiger partial charge in [0, 0.05) is 17.9 Å². The Balaban J connectivity index is 1.66. The standard InChI is InChI=1S/C26H30N2O6/c1-28(2)21-17-10-14-9-15-13(8-12-4-3-5-12)6-7-18(29)20(15)23(31)19(14)24(32)26(17,34)11-16(22(21)30)25(27)33/h6-8,14,17,21,29-30,32,34H,3-5,9-11H2,1-2H3,(H2,27,33). The highest BCUT2D eigenvalue weighted by atomic mass is 16.3. The lowest BCUT2D eigenvalue weighted by Crippen LogP contribution is -2.59. The molecular weight excluding hydrogens is 436 g/mol. The number of nitrogens with two attached hydrogens (primary N) is 1. The van der Waals surface area contributed by atoms with Crippen LogP contribution < -0.4 is 5.73 Å². The van der Waals surface area contributed by atoms with Gasteiger partial charge in [-0.15, -0.1) is 0 Å². The summed E-state index contributed by atoms with van der Waals surface area (Å²) in [5, 5.41) is 44.5. The minimum Gasteiger partial charge on any atom is -0.510 e. The quantitative estimate of drug-likeness (QED) is 0.460. The van der Waals surface area contributed by atoms with Crippen molar-refractivity contribution < 1.29 is 30.0 Å². The average molecular weight is 467 g/mol. The molecule has 180 valence electrons. The van der Waals surface area contributed by atoms with Gasteiger partial charge in [0.15, 0.2) is 5.78 Å². The maximum Gasteiger partial charge on any atom is 0.248 e. The monoisotopic (exact) mass is 466 g/mol. The van der Waals surface area contributed by atoms with Crippen LogP contribution >= 0.6 is 0 Å². The van der Waals surface area contributed by atoms with Crippen LogP contribution in [-0.4, -0.2) is 62.8 Å². The molecule has 4 unspecified atom stereocenters. The van der Waals surface area contributed by atoms with Gasteiger partial charge in [-0.3, -0.25) is 14.5 Å². The number of ketones is 1. The number of nitrogens with zero attached hydrogens (tertiary/aromatic N) is 1. The molecule has 0 radical (unpaired) electrons. The first-order valence-corrected chi connectivity index (χ1v) is 11.7. The van der Waals surface area contributed by atoms with E-state index in [1.165, 1.54) is 11.6 Å². The number of amides is 1. The van der Waals surface area contributed by atoms with Gasteiger partial charge in [0.25, 0.3) is 0 Å². The molecule has 0 bridgehead atoms. The van der Waals surface area contributed by atoms with E-state index in [-0.39, 0.29) is 34.6 Å². The number of likely N-dealkylation sites (N-methyl/N-ethyl adjacent to an activating group) is 1. The number of allylic oxidation sites excluding steroid dienone is 2. The van der Waals surface area contributed by atoms with Gasteiger partial charge in [0.1, 0.15) is 22.9 Å². The van der Waals surface area contributed by atoms with Crippen LogP contribution in [0.25, 0.3) is 6.08 Å². The number of hydrogen-bond donors (Lipinski definition) is 5. The van der Waals surface area contributed by atoms with Crippen molar-refractivity contribution in [2.45, 2.75) is 50.2 Å². The Hall–Kier alpha value is -3.10. The largest absolute Gasteiger partial charge is 0.510 e. The number of hydrogen-bond acceptors (Lipinski definition) is 7. The predicted molar refractivity (Wildman–Crippen MR) is 125 cm³/mol. The third-order valence-corrected chi connectivity index (χ3v) is 8.10. The predicted octanol–water partition coefficient (Wildman–Crippen LogP) is 2.51. The Morgan fingerprint density at radius 1 is 1.21 bits per heavy atom. The molecule has 6 N–H and O–H groups in total. The van der Waals surface area contributed by atoms with E-state index in [1.807, 2.05) is 6.07 Å². The van der Waals surface area contributed by atoms with Crippen LogP contribution in [0.3, 0.4) is 0 Å². The molecule has 1 saturated carbocycles. The highest BCUT2D eigenvalue weighted by Gasteiger charge is 2.58. The number of rotatable bonds is 3. The summed E-state index contributed by atoms with van der Waals surface area (Å²) in [5.41, 5.74) is 6.53. The molecule has 0 saturated heterocycles. The first kappa shape index (κ1) is 22.7. The topological polar surface area (TPSA) is 144 Å². The number of aliphatic hydroxyl groups excluding tert-OH is 2. The van der Waals surface area contributed by atoms with Crippen molar-refractivity contribution in [1.82, 2.24) is 4.90 Å². The SMILES string of the molecule is CN(C)C1C(O)=C(C(N)=O)CC2(O)C(O)=C3C(=O)c4c(O)ccc(C=C5CCC5)c4CC3CC12. The molecule has 0 heterocycles. The number of primary amides is 1. The van der Waals surface area contributed by atoms with Crippen LogP contribution in [0.5, 0.6) is 5.75 Å². The fourth-order valence-electron chi connectivity index (χ4n) is 6.24. The van der Waals surface area contributed by atoms with Gasteiger partial charge in [-0.1, -0.05) is 17.7 Å². The number of carbonyl (C=O) groups excluding carboxylic acids is 2. The molecule has 1 fully saturated rings. The number of carbonyl (C=O) groups is 2. The summed E-state index contributed by atoms with van der Waals surface area (Å²) in [6.45, 7) is 0. The van der Waals surface area contributed by atoms with Crippen molar-refractivity contribution in [1.29, 1.82) is 0 Å². The molecule has 1 aromatic rings.